The summed E-state index contributed by atoms with van der Waals surface area (Å²) in [7, 11) is 0. The van der Waals surface area contributed by atoms with Gasteiger partial charge in [-0.1, -0.05) is 12.1 Å². The first-order valence-corrected chi connectivity index (χ1v) is 8.22. The summed E-state index contributed by atoms with van der Waals surface area (Å²) in [6.45, 7) is 2.73. The lowest BCUT2D eigenvalue weighted by Gasteiger charge is -2.16. The van der Waals surface area contributed by atoms with Crippen molar-refractivity contribution in [1.29, 1.82) is 0 Å². The van der Waals surface area contributed by atoms with E-state index >= 15 is 0 Å². The largest absolute Gasteiger partial charge is 0.349 e. The van der Waals surface area contributed by atoms with Gasteiger partial charge >= 0.3 is 0 Å². The summed E-state index contributed by atoms with van der Waals surface area (Å²) in [4.78, 5) is 29.7. The summed E-state index contributed by atoms with van der Waals surface area (Å²) in [5.41, 5.74) is 2.87. The van der Waals surface area contributed by atoms with Crippen molar-refractivity contribution in [2.24, 2.45) is 0 Å². The van der Waals surface area contributed by atoms with Gasteiger partial charge < -0.3 is 10.2 Å². The fourth-order valence-electron chi connectivity index (χ4n) is 2.93. The summed E-state index contributed by atoms with van der Waals surface area (Å²) in [5, 5.41) is 2.99. The topological polar surface area (TPSA) is 62.3 Å². The minimum Gasteiger partial charge on any atom is -0.349 e. The number of rotatable bonds is 5. The molecule has 1 aromatic carbocycles. The van der Waals surface area contributed by atoms with Gasteiger partial charge in [-0.2, -0.15) is 0 Å². The van der Waals surface area contributed by atoms with Gasteiger partial charge in [0.05, 0.1) is 12.5 Å². The second-order valence-corrected chi connectivity index (χ2v) is 6.06. The van der Waals surface area contributed by atoms with Gasteiger partial charge in [0, 0.05) is 31.0 Å². The Hall–Kier alpha value is -2.69. The minimum atomic E-state index is -0.0537. The van der Waals surface area contributed by atoms with Gasteiger partial charge in [0.25, 0.3) is 0 Å². The Bertz CT molecular complexity index is 713. The van der Waals surface area contributed by atoms with Crippen molar-refractivity contribution in [3.63, 3.8) is 0 Å². The quantitative estimate of drug-likeness (QED) is 0.920. The third-order valence-electron chi connectivity index (χ3n) is 4.27. The van der Waals surface area contributed by atoms with E-state index in [1.807, 2.05) is 43.3 Å². The van der Waals surface area contributed by atoms with Crippen LogP contribution in [0.5, 0.6) is 0 Å². The zero-order chi connectivity index (χ0) is 16.9. The Morgan fingerprint density at radius 3 is 2.54 bits per heavy atom. The first-order valence-electron chi connectivity index (χ1n) is 8.22. The number of carbonyl (C=O) groups is 2. The first-order chi connectivity index (χ1) is 11.6. The van der Waals surface area contributed by atoms with Gasteiger partial charge in [-0.05, 0) is 48.7 Å². The van der Waals surface area contributed by atoms with Crippen molar-refractivity contribution in [2.45, 2.75) is 32.2 Å². The van der Waals surface area contributed by atoms with Gasteiger partial charge in [-0.15, -0.1) is 0 Å². The van der Waals surface area contributed by atoms with Gasteiger partial charge in [-0.3, -0.25) is 14.6 Å². The number of hydrogen-bond donors (Lipinski definition) is 1. The highest BCUT2D eigenvalue weighted by Crippen LogP contribution is 2.21. The first kappa shape index (κ1) is 16.2. The molecular weight excluding hydrogens is 302 g/mol. The molecule has 0 aliphatic carbocycles. The van der Waals surface area contributed by atoms with Crippen LogP contribution in [-0.4, -0.2) is 23.3 Å². The Balaban J connectivity index is 1.57. The zero-order valence-electron chi connectivity index (χ0n) is 13.7. The fourth-order valence-corrected chi connectivity index (χ4v) is 2.93. The van der Waals surface area contributed by atoms with Crippen molar-refractivity contribution in [3.05, 3.63) is 59.9 Å². The van der Waals surface area contributed by atoms with Gasteiger partial charge in [0.2, 0.25) is 11.8 Å². The summed E-state index contributed by atoms with van der Waals surface area (Å²) in [5.74, 6) is 0.149. The van der Waals surface area contributed by atoms with Gasteiger partial charge in [0.1, 0.15) is 0 Å². The smallest absolute Gasteiger partial charge is 0.227 e. The second kappa shape index (κ2) is 7.25. The molecule has 2 amide bonds. The molecule has 1 aliphatic rings. The van der Waals surface area contributed by atoms with Crippen LogP contribution >= 0.6 is 0 Å². The number of benzene rings is 1. The van der Waals surface area contributed by atoms with E-state index in [1.54, 1.807) is 17.3 Å². The van der Waals surface area contributed by atoms with E-state index in [4.69, 9.17) is 0 Å². The third-order valence-corrected chi connectivity index (χ3v) is 4.27. The molecule has 2 aromatic rings. The summed E-state index contributed by atoms with van der Waals surface area (Å²) in [6, 6.07) is 11.4. The molecular formula is C19H21N3O2. The summed E-state index contributed by atoms with van der Waals surface area (Å²) in [6.07, 6.45) is 5.29. The van der Waals surface area contributed by atoms with Crippen LogP contribution < -0.4 is 10.2 Å². The lowest BCUT2D eigenvalue weighted by atomic mass is 10.1. The van der Waals surface area contributed by atoms with Gasteiger partial charge in [0.15, 0.2) is 0 Å². The molecule has 1 atom stereocenters. The van der Waals surface area contributed by atoms with Crippen LogP contribution in [0.2, 0.25) is 0 Å². The molecule has 1 unspecified atom stereocenters. The molecule has 1 N–H and O–H groups in total. The van der Waals surface area contributed by atoms with Crippen LogP contribution in [0.3, 0.4) is 0 Å². The molecule has 1 aliphatic heterocycles. The standard InChI is InChI=1S/C19H21N3O2/c1-14(16-8-10-20-11-9-16)21-18(23)13-15-4-6-17(7-5-15)22-12-2-3-19(22)24/h4-11,14H,2-3,12-13H2,1H3,(H,21,23). The number of pyridine rings is 1. The van der Waals surface area contributed by atoms with Crippen molar-refractivity contribution in [3.8, 4) is 0 Å². The highest BCUT2D eigenvalue weighted by atomic mass is 16.2. The predicted molar refractivity (Wildman–Crippen MR) is 92.5 cm³/mol. The van der Waals surface area contributed by atoms with Gasteiger partial charge in [-0.25, -0.2) is 0 Å². The lowest BCUT2D eigenvalue weighted by Crippen LogP contribution is -2.28. The molecule has 5 nitrogen and oxygen atoms in total. The number of hydrogen-bond acceptors (Lipinski definition) is 3. The lowest BCUT2D eigenvalue weighted by molar-refractivity contribution is -0.121. The van der Waals surface area contributed by atoms with Crippen LogP contribution in [0, 0.1) is 0 Å². The maximum absolute atomic E-state index is 12.2. The highest BCUT2D eigenvalue weighted by Gasteiger charge is 2.21. The predicted octanol–water partition coefficient (Wildman–Crippen LogP) is 2.63. The van der Waals surface area contributed by atoms with Crippen LogP contribution in [-0.2, 0) is 16.0 Å². The average molecular weight is 323 g/mol. The molecule has 1 fully saturated rings. The number of nitrogens with one attached hydrogen (secondary N) is 1. The summed E-state index contributed by atoms with van der Waals surface area (Å²) >= 11 is 0. The number of nitrogens with zero attached hydrogens (tertiary/aromatic N) is 2. The third kappa shape index (κ3) is 3.79. The molecule has 1 saturated heterocycles. The maximum Gasteiger partial charge on any atom is 0.227 e. The van der Waals surface area contributed by atoms with Crippen molar-refractivity contribution < 1.29 is 9.59 Å². The average Bonchev–Trinajstić information content (AvgIpc) is 3.02. The molecule has 0 bridgehead atoms. The Morgan fingerprint density at radius 1 is 1.21 bits per heavy atom. The number of anilines is 1. The van der Waals surface area contributed by atoms with Crippen LogP contribution in [0.1, 0.15) is 36.9 Å². The zero-order valence-corrected chi connectivity index (χ0v) is 13.7. The Kier molecular flexibility index (Phi) is 4.89. The van der Waals surface area contributed by atoms with Crippen molar-refractivity contribution >= 4 is 17.5 Å². The SMILES string of the molecule is CC(NC(=O)Cc1ccc(N2CCCC2=O)cc1)c1ccncc1. The minimum absolute atomic E-state index is 0.0238. The molecule has 1 aromatic heterocycles. The fraction of sp³-hybridized carbons (Fsp3) is 0.316. The van der Waals surface area contributed by atoms with E-state index in [0.29, 0.717) is 12.8 Å². The molecule has 5 heteroatoms. The van der Waals surface area contributed by atoms with Crippen molar-refractivity contribution in [2.75, 3.05) is 11.4 Å². The van der Waals surface area contributed by atoms with E-state index < -0.39 is 0 Å². The van der Waals surface area contributed by atoms with E-state index in [2.05, 4.69) is 10.3 Å². The normalized spacial score (nSPS) is 15.4. The molecule has 0 radical (unpaired) electrons. The van der Waals surface area contributed by atoms with E-state index in [9.17, 15) is 9.59 Å². The molecule has 24 heavy (non-hydrogen) atoms. The van der Waals surface area contributed by atoms with Crippen LogP contribution in [0.4, 0.5) is 5.69 Å². The molecule has 3 rings (SSSR count). The molecule has 124 valence electrons. The van der Waals surface area contributed by atoms with Crippen LogP contribution in [0.25, 0.3) is 0 Å². The number of amides is 2. The second-order valence-electron chi connectivity index (χ2n) is 6.06. The van der Waals surface area contributed by atoms with Crippen molar-refractivity contribution in [1.82, 2.24) is 10.3 Å². The van der Waals surface area contributed by atoms with Crippen LogP contribution in [0.15, 0.2) is 48.8 Å². The Morgan fingerprint density at radius 2 is 1.92 bits per heavy atom. The summed E-state index contributed by atoms with van der Waals surface area (Å²) < 4.78 is 0. The van der Waals surface area contributed by atoms with E-state index in [0.717, 1.165) is 29.8 Å². The highest BCUT2D eigenvalue weighted by molar-refractivity contribution is 5.95. The van der Waals surface area contributed by atoms with E-state index in [-0.39, 0.29) is 17.9 Å². The maximum atomic E-state index is 12.2. The molecule has 2 heterocycles. The monoisotopic (exact) mass is 323 g/mol. The molecule has 0 saturated carbocycles. The number of aromatic nitrogens is 1. The number of carbonyl (C=O) groups excluding carboxylic acids is 2. The molecule has 0 spiro atoms. The van der Waals surface area contributed by atoms with E-state index in [1.165, 1.54) is 0 Å². The Labute approximate surface area is 141 Å².